The number of imidazole rings is 1. The minimum Gasteiger partial charge on any atom is -0.366 e. The number of carbonyl (C=O) groups excluding carboxylic acids is 1. The Kier molecular flexibility index (Phi) is 4.24. The summed E-state index contributed by atoms with van der Waals surface area (Å²) in [7, 11) is 0. The lowest BCUT2D eigenvalue weighted by Crippen LogP contribution is -2.10. The van der Waals surface area contributed by atoms with Crippen LogP contribution in [0.4, 0.5) is 13.2 Å². The number of alkyl halides is 3. The summed E-state index contributed by atoms with van der Waals surface area (Å²) in [6, 6.07) is 10.1. The zero-order valence-electron chi connectivity index (χ0n) is 13.5. The Labute approximate surface area is 142 Å². The molecule has 0 aliphatic rings. The summed E-state index contributed by atoms with van der Waals surface area (Å²) < 4.78 is 40.6. The van der Waals surface area contributed by atoms with Gasteiger partial charge in [0.1, 0.15) is 5.82 Å². The van der Waals surface area contributed by atoms with Crippen LogP contribution in [-0.2, 0) is 19.1 Å². The SMILES string of the molecule is CCc1nc2cc(C(N)=O)ccc2n1Cc1cccc(C(F)(F)F)c1. The highest BCUT2D eigenvalue weighted by Crippen LogP contribution is 2.30. The molecule has 0 radical (unpaired) electrons. The number of fused-ring (bicyclic) bond motifs is 1. The number of nitrogens with two attached hydrogens (primary N) is 1. The van der Waals surface area contributed by atoms with Crippen molar-refractivity contribution in [2.24, 2.45) is 5.73 Å². The van der Waals surface area contributed by atoms with Crippen molar-refractivity contribution in [1.29, 1.82) is 0 Å². The molecule has 1 amide bonds. The minimum atomic E-state index is -4.38. The average Bonchev–Trinajstić information content (AvgIpc) is 2.91. The van der Waals surface area contributed by atoms with Gasteiger partial charge in [-0.2, -0.15) is 13.2 Å². The number of aryl methyl sites for hydroxylation is 1. The van der Waals surface area contributed by atoms with E-state index in [-0.39, 0.29) is 6.54 Å². The van der Waals surface area contributed by atoms with Crippen LogP contribution in [0.15, 0.2) is 42.5 Å². The molecule has 4 nitrogen and oxygen atoms in total. The first-order valence-electron chi connectivity index (χ1n) is 7.74. The van der Waals surface area contributed by atoms with E-state index in [4.69, 9.17) is 5.73 Å². The van der Waals surface area contributed by atoms with Gasteiger partial charge in [0.05, 0.1) is 16.6 Å². The number of nitrogens with zero attached hydrogens (tertiary/aromatic N) is 2. The average molecular weight is 347 g/mol. The molecule has 1 heterocycles. The van der Waals surface area contributed by atoms with Crippen LogP contribution in [0.25, 0.3) is 11.0 Å². The maximum Gasteiger partial charge on any atom is 0.416 e. The first-order chi connectivity index (χ1) is 11.8. The third kappa shape index (κ3) is 3.35. The second-order valence-electron chi connectivity index (χ2n) is 5.73. The maximum absolute atomic E-state index is 12.9. The number of carbonyl (C=O) groups is 1. The van der Waals surface area contributed by atoms with Gasteiger partial charge in [-0.3, -0.25) is 4.79 Å². The molecule has 1 aromatic heterocycles. The summed E-state index contributed by atoms with van der Waals surface area (Å²) in [5.41, 5.74) is 6.83. The van der Waals surface area contributed by atoms with Gasteiger partial charge < -0.3 is 10.3 Å². The fraction of sp³-hybridized carbons (Fsp3) is 0.222. The Bertz CT molecular complexity index is 944. The molecule has 3 rings (SSSR count). The van der Waals surface area contributed by atoms with E-state index in [1.54, 1.807) is 24.3 Å². The van der Waals surface area contributed by atoms with E-state index in [2.05, 4.69) is 4.98 Å². The Morgan fingerprint density at radius 2 is 1.96 bits per heavy atom. The van der Waals surface area contributed by atoms with Crippen molar-refractivity contribution < 1.29 is 18.0 Å². The molecule has 0 bridgehead atoms. The van der Waals surface area contributed by atoms with Crippen molar-refractivity contribution in [1.82, 2.24) is 9.55 Å². The van der Waals surface area contributed by atoms with Crippen LogP contribution < -0.4 is 5.73 Å². The van der Waals surface area contributed by atoms with Crippen molar-refractivity contribution in [2.75, 3.05) is 0 Å². The molecular weight excluding hydrogens is 331 g/mol. The van der Waals surface area contributed by atoms with Gasteiger partial charge in [-0.1, -0.05) is 19.1 Å². The summed E-state index contributed by atoms with van der Waals surface area (Å²) in [6.45, 7) is 2.18. The van der Waals surface area contributed by atoms with Crippen LogP contribution in [-0.4, -0.2) is 15.5 Å². The van der Waals surface area contributed by atoms with Crippen molar-refractivity contribution in [2.45, 2.75) is 26.1 Å². The van der Waals surface area contributed by atoms with Gasteiger partial charge in [0.15, 0.2) is 0 Å². The zero-order chi connectivity index (χ0) is 18.2. The van der Waals surface area contributed by atoms with Crippen molar-refractivity contribution in [3.8, 4) is 0 Å². The van der Waals surface area contributed by atoms with E-state index in [0.29, 0.717) is 23.1 Å². The first kappa shape index (κ1) is 17.0. The van der Waals surface area contributed by atoms with Gasteiger partial charge in [-0.15, -0.1) is 0 Å². The van der Waals surface area contributed by atoms with Crippen LogP contribution in [0.3, 0.4) is 0 Å². The van der Waals surface area contributed by atoms with Gasteiger partial charge >= 0.3 is 6.18 Å². The number of benzene rings is 2. The molecule has 0 aliphatic carbocycles. The van der Waals surface area contributed by atoms with Crippen LogP contribution in [0.1, 0.15) is 34.2 Å². The van der Waals surface area contributed by atoms with Gasteiger partial charge in [-0.05, 0) is 35.9 Å². The predicted octanol–water partition coefficient (Wildman–Crippen LogP) is 3.76. The van der Waals surface area contributed by atoms with E-state index < -0.39 is 17.6 Å². The highest BCUT2D eigenvalue weighted by Gasteiger charge is 2.30. The van der Waals surface area contributed by atoms with Crippen molar-refractivity contribution in [3.63, 3.8) is 0 Å². The molecule has 0 saturated heterocycles. The fourth-order valence-electron chi connectivity index (χ4n) is 2.81. The zero-order valence-corrected chi connectivity index (χ0v) is 13.5. The lowest BCUT2D eigenvalue weighted by molar-refractivity contribution is -0.137. The number of aromatic nitrogens is 2. The van der Waals surface area contributed by atoms with Crippen LogP contribution >= 0.6 is 0 Å². The molecule has 0 saturated carbocycles. The van der Waals surface area contributed by atoms with Crippen molar-refractivity contribution >= 4 is 16.9 Å². The number of amides is 1. The molecule has 25 heavy (non-hydrogen) atoms. The third-order valence-electron chi connectivity index (χ3n) is 4.02. The van der Waals surface area contributed by atoms with Gasteiger partial charge in [0.2, 0.25) is 5.91 Å². The lowest BCUT2D eigenvalue weighted by Gasteiger charge is -2.11. The molecule has 3 aromatic rings. The van der Waals surface area contributed by atoms with Gasteiger partial charge in [0.25, 0.3) is 0 Å². The molecular formula is C18H16F3N3O. The summed E-state index contributed by atoms with van der Waals surface area (Å²) in [4.78, 5) is 15.8. The highest BCUT2D eigenvalue weighted by molar-refractivity contribution is 5.96. The molecule has 0 unspecified atom stereocenters. The van der Waals surface area contributed by atoms with Crippen LogP contribution in [0, 0.1) is 0 Å². The monoisotopic (exact) mass is 347 g/mol. The van der Waals surface area contributed by atoms with E-state index in [9.17, 15) is 18.0 Å². The Morgan fingerprint density at radius 1 is 1.20 bits per heavy atom. The van der Waals surface area contributed by atoms with Gasteiger partial charge in [0, 0.05) is 18.5 Å². The summed E-state index contributed by atoms with van der Waals surface area (Å²) in [6.07, 6.45) is -3.77. The lowest BCUT2D eigenvalue weighted by atomic mass is 10.1. The molecule has 2 N–H and O–H groups in total. The first-order valence-corrected chi connectivity index (χ1v) is 7.74. The van der Waals surface area contributed by atoms with E-state index in [1.165, 1.54) is 6.07 Å². The molecule has 7 heteroatoms. The quantitative estimate of drug-likeness (QED) is 0.781. The molecule has 130 valence electrons. The van der Waals surface area contributed by atoms with E-state index in [0.717, 1.165) is 23.5 Å². The third-order valence-corrected chi connectivity index (χ3v) is 4.02. The van der Waals surface area contributed by atoms with Gasteiger partial charge in [-0.25, -0.2) is 4.98 Å². The minimum absolute atomic E-state index is 0.263. The topological polar surface area (TPSA) is 60.9 Å². The normalized spacial score (nSPS) is 11.8. The second kappa shape index (κ2) is 6.23. The number of hydrogen-bond acceptors (Lipinski definition) is 2. The Balaban J connectivity index is 2.05. The van der Waals surface area contributed by atoms with E-state index >= 15 is 0 Å². The predicted molar refractivity (Wildman–Crippen MR) is 88.2 cm³/mol. The summed E-state index contributed by atoms with van der Waals surface area (Å²) in [5.74, 6) is 0.182. The highest BCUT2D eigenvalue weighted by atomic mass is 19.4. The smallest absolute Gasteiger partial charge is 0.366 e. The van der Waals surface area contributed by atoms with Crippen molar-refractivity contribution in [3.05, 3.63) is 65.0 Å². The molecule has 0 fully saturated rings. The number of hydrogen-bond donors (Lipinski definition) is 1. The molecule has 0 aliphatic heterocycles. The summed E-state index contributed by atoms with van der Waals surface area (Å²) >= 11 is 0. The molecule has 0 atom stereocenters. The molecule has 2 aromatic carbocycles. The Morgan fingerprint density at radius 3 is 2.60 bits per heavy atom. The van der Waals surface area contributed by atoms with E-state index in [1.807, 2.05) is 11.5 Å². The molecule has 0 spiro atoms. The Hall–Kier alpha value is -2.83. The van der Waals surface area contributed by atoms with Crippen LogP contribution in [0.5, 0.6) is 0 Å². The summed E-state index contributed by atoms with van der Waals surface area (Å²) in [5, 5.41) is 0. The standard InChI is InChI=1S/C18H16F3N3O/c1-2-16-23-14-9-12(17(22)25)6-7-15(14)24(16)10-11-4-3-5-13(8-11)18(19,20)21/h3-9H,2,10H2,1H3,(H2,22,25). The number of primary amides is 1. The number of halogens is 3. The number of rotatable bonds is 4. The largest absolute Gasteiger partial charge is 0.416 e. The fourth-order valence-corrected chi connectivity index (χ4v) is 2.81. The van der Waals surface area contributed by atoms with Crippen LogP contribution in [0.2, 0.25) is 0 Å². The second-order valence-corrected chi connectivity index (χ2v) is 5.73. The maximum atomic E-state index is 12.9.